The fourth-order valence-electron chi connectivity index (χ4n) is 3.10. The molecule has 0 spiro atoms. The van der Waals surface area contributed by atoms with Crippen molar-refractivity contribution in [2.75, 3.05) is 26.7 Å². The fourth-order valence-corrected chi connectivity index (χ4v) is 3.10. The van der Waals surface area contributed by atoms with Crippen LogP contribution < -0.4 is 10.6 Å². The summed E-state index contributed by atoms with van der Waals surface area (Å²) in [6.07, 6.45) is 7.15. The lowest BCUT2D eigenvalue weighted by Gasteiger charge is -2.35. The third kappa shape index (κ3) is 4.73. The van der Waals surface area contributed by atoms with Gasteiger partial charge in [0.1, 0.15) is 0 Å². The molecule has 1 fully saturated rings. The molecular weight excluding hydrogens is 276 g/mol. The van der Waals surface area contributed by atoms with E-state index in [-0.39, 0.29) is 0 Å². The molecule has 1 aliphatic heterocycles. The summed E-state index contributed by atoms with van der Waals surface area (Å²) in [7, 11) is 3.77. The lowest BCUT2D eigenvalue weighted by atomic mass is 10.0. The topological polar surface area (TPSA) is 57.5 Å². The summed E-state index contributed by atoms with van der Waals surface area (Å²) in [5.74, 6) is 0.853. The van der Waals surface area contributed by atoms with E-state index in [2.05, 4.69) is 32.5 Å². The molecule has 124 valence electrons. The number of nitrogens with zero attached hydrogens (tertiary/aromatic N) is 4. The Labute approximate surface area is 134 Å². The molecule has 1 aromatic rings. The zero-order chi connectivity index (χ0) is 15.8. The normalized spacial score (nSPS) is 20.1. The summed E-state index contributed by atoms with van der Waals surface area (Å²) in [6.45, 7) is 6.29. The zero-order valence-corrected chi connectivity index (χ0v) is 14.2. The van der Waals surface area contributed by atoms with Gasteiger partial charge in [0.25, 0.3) is 0 Å². The number of rotatable bonds is 6. The lowest BCUT2D eigenvalue weighted by Crippen LogP contribution is -2.45. The number of aromatic nitrogens is 2. The Morgan fingerprint density at radius 3 is 2.95 bits per heavy atom. The number of guanidine groups is 1. The van der Waals surface area contributed by atoms with Crippen LogP contribution in [-0.4, -0.2) is 53.4 Å². The average molecular weight is 306 g/mol. The molecule has 0 saturated carbocycles. The second kappa shape index (κ2) is 8.78. The molecule has 6 heteroatoms. The van der Waals surface area contributed by atoms with Gasteiger partial charge in [-0.2, -0.15) is 5.10 Å². The van der Waals surface area contributed by atoms with E-state index in [0.717, 1.165) is 37.3 Å². The van der Waals surface area contributed by atoms with Crippen molar-refractivity contribution in [3.8, 4) is 0 Å². The van der Waals surface area contributed by atoms with Crippen molar-refractivity contribution in [3.63, 3.8) is 0 Å². The quantitative estimate of drug-likeness (QED) is 0.615. The summed E-state index contributed by atoms with van der Waals surface area (Å²) < 4.78 is 1.87. The molecule has 2 N–H and O–H groups in total. The van der Waals surface area contributed by atoms with Crippen molar-refractivity contribution in [2.24, 2.45) is 12.0 Å². The van der Waals surface area contributed by atoms with Crippen molar-refractivity contribution >= 4 is 5.96 Å². The summed E-state index contributed by atoms with van der Waals surface area (Å²) in [6, 6.07) is 2.78. The SMILES string of the molecule is CCC1CCCCN1CCNC(=NC)NCc1ccnn1C. The number of likely N-dealkylation sites (tertiary alicyclic amines) is 1. The highest BCUT2D eigenvalue weighted by Gasteiger charge is 2.19. The van der Waals surface area contributed by atoms with Crippen LogP contribution in [-0.2, 0) is 13.6 Å². The van der Waals surface area contributed by atoms with E-state index in [1.54, 1.807) is 0 Å². The number of piperidine rings is 1. The van der Waals surface area contributed by atoms with Gasteiger partial charge >= 0.3 is 0 Å². The molecule has 2 rings (SSSR count). The maximum absolute atomic E-state index is 4.29. The molecule has 0 amide bonds. The van der Waals surface area contributed by atoms with E-state index >= 15 is 0 Å². The molecular formula is C16H30N6. The first-order valence-electron chi connectivity index (χ1n) is 8.40. The first-order valence-corrected chi connectivity index (χ1v) is 8.40. The van der Waals surface area contributed by atoms with Crippen LogP contribution in [0.5, 0.6) is 0 Å². The molecule has 1 aromatic heterocycles. The third-order valence-corrected chi connectivity index (χ3v) is 4.49. The van der Waals surface area contributed by atoms with E-state index in [0.29, 0.717) is 0 Å². The maximum Gasteiger partial charge on any atom is 0.191 e. The summed E-state index contributed by atoms with van der Waals surface area (Å²) in [4.78, 5) is 6.90. The number of nitrogens with one attached hydrogen (secondary N) is 2. The molecule has 2 heterocycles. The van der Waals surface area contributed by atoms with E-state index in [4.69, 9.17) is 0 Å². The molecule has 1 aliphatic rings. The van der Waals surface area contributed by atoms with E-state index < -0.39 is 0 Å². The van der Waals surface area contributed by atoms with Gasteiger partial charge in [0.05, 0.1) is 12.2 Å². The number of hydrogen-bond acceptors (Lipinski definition) is 3. The Balaban J connectivity index is 1.71. The third-order valence-electron chi connectivity index (χ3n) is 4.49. The highest BCUT2D eigenvalue weighted by atomic mass is 15.3. The predicted molar refractivity (Wildman–Crippen MR) is 90.9 cm³/mol. The molecule has 0 aromatic carbocycles. The highest BCUT2D eigenvalue weighted by Crippen LogP contribution is 2.18. The first kappa shape index (κ1) is 16.8. The Morgan fingerprint density at radius 2 is 2.27 bits per heavy atom. The smallest absolute Gasteiger partial charge is 0.191 e. The molecule has 1 atom stereocenters. The standard InChI is InChI=1S/C16H30N6/c1-4-14-7-5-6-11-22(14)12-10-18-16(17-2)19-13-15-8-9-20-21(15)3/h8-9,14H,4-7,10-13H2,1-3H3,(H2,17,18,19). The number of hydrogen-bond donors (Lipinski definition) is 2. The van der Waals surface area contributed by atoms with Crippen LogP contribution in [0.2, 0.25) is 0 Å². The van der Waals surface area contributed by atoms with Gasteiger partial charge in [-0.3, -0.25) is 14.6 Å². The highest BCUT2D eigenvalue weighted by molar-refractivity contribution is 5.79. The summed E-state index contributed by atoms with van der Waals surface area (Å²) in [5, 5.41) is 10.9. The molecule has 1 saturated heterocycles. The number of aliphatic imine (C=N–C) groups is 1. The van der Waals surface area contributed by atoms with Crippen molar-refractivity contribution in [2.45, 2.75) is 45.2 Å². The van der Waals surface area contributed by atoms with E-state index in [1.165, 1.54) is 32.2 Å². The minimum Gasteiger partial charge on any atom is -0.355 e. The second-order valence-electron chi connectivity index (χ2n) is 5.89. The van der Waals surface area contributed by atoms with Crippen LogP contribution in [0.4, 0.5) is 0 Å². The number of aryl methyl sites for hydroxylation is 1. The molecule has 6 nitrogen and oxygen atoms in total. The minimum atomic E-state index is 0.734. The van der Waals surface area contributed by atoms with Crippen molar-refractivity contribution in [1.29, 1.82) is 0 Å². The second-order valence-corrected chi connectivity index (χ2v) is 5.89. The Kier molecular flexibility index (Phi) is 6.71. The molecule has 0 aliphatic carbocycles. The lowest BCUT2D eigenvalue weighted by molar-refractivity contribution is 0.147. The van der Waals surface area contributed by atoms with E-state index in [9.17, 15) is 0 Å². The first-order chi connectivity index (χ1) is 10.7. The van der Waals surface area contributed by atoms with Crippen LogP contribution in [0.15, 0.2) is 17.3 Å². The van der Waals surface area contributed by atoms with Crippen molar-refractivity contribution in [1.82, 2.24) is 25.3 Å². The zero-order valence-electron chi connectivity index (χ0n) is 14.2. The molecule has 1 unspecified atom stereocenters. The largest absolute Gasteiger partial charge is 0.355 e. The van der Waals surface area contributed by atoms with Crippen LogP contribution >= 0.6 is 0 Å². The van der Waals surface area contributed by atoms with Gasteiger partial charge in [-0.1, -0.05) is 13.3 Å². The van der Waals surface area contributed by atoms with Gasteiger partial charge in [0, 0.05) is 39.4 Å². The summed E-state index contributed by atoms with van der Waals surface area (Å²) >= 11 is 0. The predicted octanol–water partition coefficient (Wildman–Crippen LogP) is 1.35. The van der Waals surface area contributed by atoms with Crippen molar-refractivity contribution in [3.05, 3.63) is 18.0 Å². The van der Waals surface area contributed by atoms with E-state index in [1.807, 2.05) is 31.0 Å². The van der Waals surface area contributed by atoms with Gasteiger partial charge in [-0.25, -0.2) is 0 Å². The monoisotopic (exact) mass is 306 g/mol. The minimum absolute atomic E-state index is 0.734. The van der Waals surface area contributed by atoms with Gasteiger partial charge in [0.2, 0.25) is 0 Å². The van der Waals surface area contributed by atoms with Crippen LogP contribution in [0.3, 0.4) is 0 Å². The molecule has 0 radical (unpaired) electrons. The fraction of sp³-hybridized carbons (Fsp3) is 0.750. The van der Waals surface area contributed by atoms with Crippen LogP contribution in [0.1, 0.15) is 38.3 Å². The van der Waals surface area contributed by atoms with Gasteiger partial charge < -0.3 is 10.6 Å². The Bertz CT molecular complexity index is 467. The van der Waals surface area contributed by atoms with Gasteiger partial charge in [-0.15, -0.1) is 0 Å². The average Bonchev–Trinajstić information content (AvgIpc) is 2.96. The van der Waals surface area contributed by atoms with Crippen LogP contribution in [0, 0.1) is 0 Å². The maximum atomic E-state index is 4.29. The molecule has 22 heavy (non-hydrogen) atoms. The van der Waals surface area contributed by atoms with Crippen molar-refractivity contribution < 1.29 is 0 Å². The van der Waals surface area contributed by atoms with Gasteiger partial charge in [0.15, 0.2) is 5.96 Å². The van der Waals surface area contributed by atoms with Gasteiger partial charge in [-0.05, 0) is 31.9 Å². The molecule has 0 bridgehead atoms. The Hall–Kier alpha value is -1.56. The summed E-state index contributed by atoms with van der Waals surface area (Å²) in [5.41, 5.74) is 1.14. The van der Waals surface area contributed by atoms with Crippen LogP contribution in [0.25, 0.3) is 0 Å². The Morgan fingerprint density at radius 1 is 1.41 bits per heavy atom.